The number of hydrogen-bond donors (Lipinski definition) is 0. The third-order valence-electron chi connectivity index (χ3n) is 4.47. The van der Waals surface area contributed by atoms with Gasteiger partial charge < -0.3 is 0 Å². The van der Waals surface area contributed by atoms with Crippen molar-refractivity contribution in [2.24, 2.45) is 0 Å². The Balaban J connectivity index is 1.47. The number of amides is 1. The van der Waals surface area contributed by atoms with Gasteiger partial charge in [-0.15, -0.1) is 0 Å². The van der Waals surface area contributed by atoms with E-state index in [0.29, 0.717) is 12.3 Å². The maximum absolute atomic E-state index is 12.7. The fourth-order valence-corrected chi connectivity index (χ4v) is 3.10. The largest absolute Gasteiger partial charge is 0.272 e. The summed E-state index contributed by atoms with van der Waals surface area (Å²) < 4.78 is 0. The molecule has 1 saturated heterocycles. The molecule has 2 aromatic carbocycles. The molecule has 1 fully saturated rings. The van der Waals surface area contributed by atoms with Gasteiger partial charge in [-0.3, -0.25) is 9.63 Å². The molecule has 0 bridgehead atoms. The number of benzene rings is 2. The molecular weight excluding hydrogens is 328 g/mol. The smallest absolute Gasteiger partial charge is 0.252 e. The Hall–Kier alpha value is -2.99. The lowest BCUT2D eigenvalue weighted by Crippen LogP contribution is -2.31. The van der Waals surface area contributed by atoms with Crippen LogP contribution in [0, 0.1) is 6.92 Å². The molecule has 26 heavy (non-hydrogen) atoms. The molecule has 0 N–H and O–H groups in total. The molecule has 1 amide bonds. The van der Waals surface area contributed by atoms with E-state index in [4.69, 9.17) is 4.84 Å². The fraction of sp³-hybridized carbons (Fsp3) is 0.250. The molecule has 6 nitrogen and oxygen atoms in total. The molecule has 1 aliphatic rings. The monoisotopic (exact) mass is 348 g/mol. The average Bonchev–Trinajstić information content (AvgIpc) is 3.33. The minimum Gasteiger partial charge on any atom is -0.272 e. The van der Waals surface area contributed by atoms with Crippen LogP contribution in [0.1, 0.15) is 29.3 Å². The Bertz CT molecular complexity index is 890. The highest BCUT2D eigenvalue weighted by Crippen LogP contribution is 2.30. The van der Waals surface area contributed by atoms with E-state index in [1.807, 2.05) is 37.3 Å². The third kappa shape index (κ3) is 3.36. The first kappa shape index (κ1) is 16.5. The van der Waals surface area contributed by atoms with Crippen molar-refractivity contribution in [3.8, 4) is 5.69 Å². The van der Waals surface area contributed by atoms with Crippen molar-refractivity contribution in [3.05, 3.63) is 77.6 Å². The van der Waals surface area contributed by atoms with Crippen LogP contribution in [0.15, 0.2) is 60.8 Å². The Morgan fingerprint density at radius 2 is 1.92 bits per heavy atom. The van der Waals surface area contributed by atoms with Gasteiger partial charge in [-0.1, -0.05) is 48.0 Å². The molecule has 0 saturated carbocycles. The van der Waals surface area contributed by atoms with Gasteiger partial charge in [-0.2, -0.15) is 15.0 Å². The van der Waals surface area contributed by atoms with Crippen LogP contribution in [-0.4, -0.2) is 32.6 Å². The summed E-state index contributed by atoms with van der Waals surface area (Å²) in [5, 5.41) is 10.1. The third-order valence-corrected chi connectivity index (χ3v) is 4.47. The Labute approximate surface area is 152 Å². The van der Waals surface area contributed by atoms with Crippen molar-refractivity contribution in [3.63, 3.8) is 0 Å². The van der Waals surface area contributed by atoms with E-state index in [1.165, 1.54) is 15.4 Å². The number of rotatable bonds is 4. The number of aryl methyl sites for hydroxylation is 1. The summed E-state index contributed by atoms with van der Waals surface area (Å²) in [6, 6.07) is 17.8. The van der Waals surface area contributed by atoms with E-state index in [2.05, 4.69) is 34.5 Å². The predicted octanol–water partition coefficient (Wildman–Crippen LogP) is 3.02. The SMILES string of the molecule is Cc1ccc(C2CCON2C(=O)Cc2cnn(-c3ccccc3)n2)cc1. The van der Waals surface area contributed by atoms with Gasteiger partial charge in [0.15, 0.2) is 0 Å². The van der Waals surface area contributed by atoms with Gasteiger partial charge in [0.25, 0.3) is 5.91 Å². The summed E-state index contributed by atoms with van der Waals surface area (Å²) in [6.07, 6.45) is 2.59. The van der Waals surface area contributed by atoms with Crippen LogP contribution in [0.5, 0.6) is 0 Å². The molecule has 1 unspecified atom stereocenters. The predicted molar refractivity (Wildman–Crippen MR) is 96.4 cm³/mol. The molecule has 1 atom stereocenters. The van der Waals surface area contributed by atoms with Crippen LogP contribution in [0.4, 0.5) is 0 Å². The van der Waals surface area contributed by atoms with Crippen LogP contribution in [0.25, 0.3) is 5.69 Å². The zero-order valence-electron chi connectivity index (χ0n) is 14.6. The average molecular weight is 348 g/mol. The minimum atomic E-state index is -0.104. The highest BCUT2D eigenvalue weighted by molar-refractivity contribution is 5.78. The standard InChI is InChI=1S/C20H20N4O2/c1-15-7-9-16(10-8-15)19-11-12-26-23(19)20(25)13-17-14-21-24(22-17)18-5-3-2-4-6-18/h2-10,14,19H,11-13H2,1H3. The van der Waals surface area contributed by atoms with Gasteiger partial charge in [0, 0.05) is 6.42 Å². The minimum absolute atomic E-state index is 0.0488. The number of nitrogens with zero attached hydrogens (tertiary/aromatic N) is 4. The van der Waals surface area contributed by atoms with Gasteiger partial charge in [-0.05, 0) is 24.6 Å². The second kappa shape index (κ2) is 7.09. The molecule has 0 radical (unpaired) electrons. The van der Waals surface area contributed by atoms with Crippen molar-refractivity contribution in [2.45, 2.75) is 25.8 Å². The summed E-state index contributed by atoms with van der Waals surface area (Å²) in [6.45, 7) is 2.59. The normalized spacial score (nSPS) is 16.8. The van der Waals surface area contributed by atoms with Crippen LogP contribution in [0.2, 0.25) is 0 Å². The first-order valence-electron chi connectivity index (χ1n) is 8.69. The highest BCUT2D eigenvalue weighted by atomic mass is 16.7. The number of carbonyl (C=O) groups excluding carboxylic acids is 1. The Morgan fingerprint density at radius 1 is 1.15 bits per heavy atom. The zero-order chi connectivity index (χ0) is 17.9. The quantitative estimate of drug-likeness (QED) is 0.727. The number of hydroxylamine groups is 2. The lowest BCUT2D eigenvalue weighted by molar-refractivity contribution is -0.176. The summed E-state index contributed by atoms with van der Waals surface area (Å²) >= 11 is 0. The summed E-state index contributed by atoms with van der Waals surface area (Å²) in [4.78, 5) is 19.9. The molecule has 3 aromatic rings. The molecule has 0 aliphatic carbocycles. The maximum Gasteiger partial charge on any atom is 0.252 e. The molecular formula is C20H20N4O2. The van der Waals surface area contributed by atoms with Gasteiger partial charge in [0.05, 0.1) is 36.6 Å². The van der Waals surface area contributed by atoms with Gasteiger partial charge in [0.1, 0.15) is 0 Å². The topological polar surface area (TPSA) is 60.2 Å². The molecule has 6 heteroatoms. The van der Waals surface area contributed by atoms with Crippen LogP contribution >= 0.6 is 0 Å². The second-order valence-corrected chi connectivity index (χ2v) is 6.41. The van der Waals surface area contributed by atoms with Crippen LogP contribution in [-0.2, 0) is 16.1 Å². The molecule has 2 heterocycles. The van der Waals surface area contributed by atoms with Crippen LogP contribution in [0.3, 0.4) is 0 Å². The van der Waals surface area contributed by atoms with E-state index in [0.717, 1.165) is 17.7 Å². The Kier molecular flexibility index (Phi) is 4.50. The van der Waals surface area contributed by atoms with Gasteiger partial charge in [-0.25, -0.2) is 5.06 Å². The van der Waals surface area contributed by atoms with E-state index in [9.17, 15) is 4.79 Å². The van der Waals surface area contributed by atoms with Crippen molar-refractivity contribution in [1.82, 2.24) is 20.1 Å². The number of hydrogen-bond acceptors (Lipinski definition) is 4. The number of para-hydroxylation sites is 1. The zero-order valence-corrected chi connectivity index (χ0v) is 14.6. The van der Waals surface area contributed by atoms with Crippen molar-refractivity contribution < 1.29 is 9.63 Å². The second-order valence-electron chi connectivity index (χ2n) is 6.41. The first-order chi connectivity index (χ1) is 12.7. The molecule has 1 aromatic heterocycles. The van der Waals surface area contributed by atoms with Gasteiger partial charge in [0.2, 0.25) is 0 Å². The lowest BCUT2D eigenvalue weighted by atomic mass is 10.0. The highest BCUT2D eigenvalue weighted by Gasteiger charge is 2.32. The molecule has 132 valence electrons. The summed E-state index contributed by atoms with van der Waals surface area (Å²) in [5.74, 6) is -0.104. The first-order valence-corrected chi connectivity index (χ1v) is 8.69. The van der Waals surface area contributed by atoms with Crippen molar-refractivity contribution in [1.29, 1.82) is 0 Å². The van der Waals surface area contributed by atoms with Crippen LogP contribution < -0.4 is 0 Å². The van der Waals surface area contributed by atoms with E-state index >= 15 is 0 Å². The van der Waals surface area contributed by atoms with E-state index < -0.39 is 0 Å². The summed E-state index contributed by atoms with van der Waals surface area (Å²) in [7, 11) is 0. The number of aromatic nitrogens is 3. The Morgan fingerprint density at radius 3 is 2.69 bits per heavy atom. The van der Waals surface area contributed by atoms with Crippen molar-refractivity contribution in [2.75, 3.05) is 6.61 Å². The lowest BCUT2D eigenvalue weighted by Gasteiger charge is -2.22. The maximum atomic E-state index is 12.7. The summed E-state index contributed by atoms with van der Waals surface area (Å²) in [5.41, 5.74) is 3.77. The van der Waals surface area contributed by atoms with Crippen molar-refractivity contribution >= 4 is 5.91 Å². The van der Waals surface area contributed by atoms with Gasteiger partial charge >= 0.3 is 0 Å². The number of carbonyl (C=O) groups is 1. The van der Waals surface area contributed by atoms with E-state index in [1.54, 1.807) is 6.20 Å². The van der Waals surface area contributed by atoms with E-state index in [-0.39, 0.29) is 18.4 Å². The molecule has 0 spiro atoms. The molecule has 4 rings (SSSR count). The molecule has 1 aliphatic heterocycles. The fourth-order valence-electron chi connectivity index (χ4n) is 3.10.